The minimum atomic E-state index is -0.0792. The van der Waals surface area contributed by atoms with E-state index in [1.54, 1.807) is 0 Å². The van der Waals surface area contributed by atoms with Crippen LogP contribution in [0.5, 0.6) is 0 Å². The monoisotopic (exact) mass is 190 g/mol. The van der Waals surface area contributed by atoms with Gasteiger partial charge >= 0.3 is 0 Å². The maximum absolute atomic E-state index is 5.68. The molecule has 0 saturated heterocycles. The van der Waals surface area contributed by atoms with E-state index in [4.69, 9.17) is 4.74 Å². The molecule has 0 heterocycles. The van der Waals surface area contributed by atoms with Crippen LogP contribution in [0.1, 0.15) is 31.9 Å². The van der Waals surface area contributed by atoms with Crippen molar-refractivity contribution in [2.75, 3.05) is 0 Å². The average molecular weight is 190 g/mol. The van der Waals surface area contributed by atoms with E-state index in [2.05, 4.69) is 39.5 Å². The number of hydrogen-bond donors (Lipinski definition) is 0. The van der Waals surface area contributed by atoms with E-state index < -0.39 is 0 Å². The predicted octanol–water partition coefficient (Wildman–Crippen LogP) is 3.64. The number of ether oxygens (including phenoxy) is 1. The predicted molar refractivity (Wildman–Crippen MR) is 61.1 cm³/mol. The van der Waals surface area contributed by atoms with Crippen LogP contribution in [0.15, 0.2) is 30.8 Å². The van der Waals surface area contributed by atoms with E-state index in [9.17, 15) is 0 Å². The van der Waals surface area contributed by atoms with Crippen LogP contribution >= 0.6 is 0 Å². The SMILES string of the molecule is C=Cc1cccc(COC(C)(C)C)c1. The molecule has 0 radical (unpaired) electrons. The fourth-order valence-corrected chi connectivity index (χ4v) is 1.11. The van der Waals surface area contributed by atoms with Crippen molar-refractivity contribution in [1.82, 2.24) is 0 Å². The van der Waals surface area contributed by atoms with Gasteiger partial charge in [0.2, 0.25) is 0 Å². The van der Waals surface area contributed by atoms with Crippen LogP contribution in [-0.2, 0) is 11.3 Å². The summed E-state index contributed by atoms with van der Waals surface area (Å²) >= 11 is 0. The highest BCUT2D eigenvalue weighted by molar-refractivity contribution is 5.47. The molecule has 0 N–H and O–H groups in total. The zero-order valence-electron chi connectivity index (χ0n) is 9.21. The molecule has 1 nitrogen and oxygen atoms in total. The van der Waals surface area contributed by atoms with Crippen molar-refractivity contribution in [1.29, 1.82) is 0 Å². The Kier molecular flexibility index (Phi) is 3.48. The molecule has 14 heavy (non-hydrogen) atoms. The first-order valence-electron chi connectivity index (χ1n) is 4.86. The minimum Gasteiger partial charge on any atom is -0.371 e. The van der Waals surface area contributed by atoms with Crippen molar-refractivity contribution < 1.29 is 4.74 Å². The lowest BCUT2D eigenvalue weighted by Crippen LogP contribution is -2.18. The normalized spacial score (nSPS) is 11.4. The van der Waals surface area contributed by atoms with Gasteiger partial charge in [-0.15, -0.1) is 0 Å². The summed E-state index contributed by atoms with van der Waals surface area (Å²) in [6, 6.07) is 8.23. The largest absolute Gasteiger partial charge is 0.371 e. The fourth-order valence-electron chi connectivity index (χ4n) is 1.11. The molecule has 1 aromatic carbocycles. The molecule has 0 atom stereocenters. The van der Waals surface area contributed by atoms with Crippen LogP contribution in [0, 0.1) is 0 Å². The van der Waals surface area contributed by atoms with Gasteiger partial charge in [-0.25, -0.2) is 0 Å². The summed E-state index contributed by atoms with van der Waals surface area (Å²) in [6.07, 6.45) is 1.85. The quantitative estimate of drug-likeness (QED) is 0.707. The van der Waals surface area contributed by atoms with E-state index in [1.807, 2.05) is 18.2 Å². The van der Waals surface area contributed by atoms with Gasteiger partial charge < -0.3 is 4.74 Å². The molecular weight excluding hydrogens is 172 g/mol. The molecule has 0 aliphatic rings. The first-order chi connectivity index (χ1) is 6.51. The van der Waals surface area contributed by atoms with Crippen molar-refractivity contribution in [3.05, 3.63) is 42.0 Å². The summed E-state index contributed by atoms with van der Waals surface area (Å²) in [5, 5.41) is 0. The van der Waals surface area contributed by atoms with Crippen molar-refractivity contribution in [3.8, 4) is 0 Å². The molecule has 0 fully saturated rings. The lowest BCUT2D eigenvalue weighted by molar-refractivity contribution is -0.0149. The number of rotatable bonds is 3. The van der Waals surface area contributed by atoms with E-state index in [-0.39, 0.29) is 5.60 Å². The maximum atomic E-state index is 5.68. The van der Waals surface area contributed by atoms with E-state index in [0.29, 0.717) is 6.61 Å². The molecule has 76 valence electrons. The molecule has 0 unspecified atom stereocenters. The third kappa shape index (κ3) is 3.75. The van der Waals surface area contributed by atoms with Crippen molar-refractivity contribution in [3.63, 3.8) is 0 Å². The molecule has 1 heteroatoms. The average Bonchev–Trinajstić information content (AvgIpc) is 2.14. The van der Waals surface area contributed by atoms with Gasteiger partial charge in [-0.2, -0.15) is 0 Å². The number of hydrogen-bond acceptors (Lipinski definition) is 1. The van der Waals surface area contributed by atoms with Gasteiger partial charge in [0.1, 0.15) is 0 Å². The topological polar surface area (TPSA) is 9.23 Å². The summed E-state index contributed by atoms with van der Waals surface area (Å²) in [7, 11) is 0. The second-order valence-electron chi connectivity index (χ2n) is 4.35. The molecule has 0 aromatic heterocycles. The Hall–Kier alpha value is -1.08. The first kappa shape index (κ1) is 11.0. The van der Waals surface area contributed by atoms with Crippen LogP contribution in [-0.4, -0.2) is 5.60 Å². The lowest BCUT2D eigenvalue weighted by atomic mass is 10.1. The summed E-state index contributed by atoms with van der Waals surface area (Å²) in [6.45, 7) is 10.6. The molecule has 0 aliphatic heterocycles. The fraction of sp³-hybridized carbons (Fsp3) is 0.385. The van der Waals surface area contributed by atoms with E-state index in [1.165, 1.54) is 5.56 Å². The minimum absolute atomic E-state index is 0.0792. The van der Waals surface area contributed by atoms with E-state index in [0.717, 1.165) is 5.56 Å². The number of benzene rings is 1. The smallest absolute Gasteiger partial charge is 0.0724 e. The van der Waals surface area contributed by atoms with Crippen molar-refractivity contribution >= 4 is 6.08 Å². The Morgan fingerprint density at radius 1 is 1.36 bits per heavy atom. The summed E-state index contributed by atoms with van der Waals surface area (Å²) < 4.78 is 5.68. The second kappa shape index (κ2) is 4.43. The van der Waals surface area contributed by atoms with Crippen molar-refractivity contribution in [2.45, 2.75) is 33.0 Å². The van der Waals surface area contributed by atoms with Gasteiger partial charge in [0.15, 0.2) is 0 Å². The van der Waals surface area contributed by atoms with E-state index >= 15 is 0 Å². The first-order valence-corrected chi connectivity index (χ1v) is 4.86. The van der Waals surface area contributed by atoms with Crippen LogP contribution in [0.3, 0.4) is 0 Å². The van der Waals surface area contributed by atoms with Gasteiger partial charge in [0, 0.05) is 0 Å². The highest BCUT2D eigenvalue weighted by atomic mass is 16.5. The zero-order chi connectivity index (χ0) is 10.6. The molecule has 0 saturated carbocycles. The Bertz CT molecular complexity index is 307. The summed E-state index contributed by atoms with van der Waals surface area (Å²) in [4.78, 5) is 0. The molecule has 1 aromatic rings. The third-order valence-corrected chi connectivity index (χ3v) is 1.86. The molecule has 1 rings (SSSR count). The van der Waals surface area contributed by atoms with Gasteiger partial charge in [0.05, 0.1) is 12.2 Å². The molecule has 0 amide bonds. The van der Waals surface area contributed by atoms with Crippen LogP contribution in [0.2, 0.25) is 0 Å². The summed E-state index contributed by atoms with van der Waals surface area (Å²) in [5.74, 6) is 0. The Morgan fingerprint density at radius 3 is 2.64 bits per heavy atom. The van der Waals surface area contributed by atoms with Crippen LogP contribution < -0.4 is 0 Å². The van der Waals surface area contributed by atoms with Crippen molar-refractivity contribution in [2.24, 2.45) is 0 Å². The maximum Gasteiger partial charge on any atom is 0.0724 e. The molecular formula is C13H18O. The third-order valence-electron chi connectivity index (χ3n) is 1.86. The van der Waals surface area contributed by atoms with Crippen LogP contribution in [0.25, 0.3) is 6.08 Å². The molecule has 0 spiro atoms. The highest BCUT2D eigenvalue weighted by Crippen LogP contribution is 2.13. The molecule has 0 bridgehead atoms. The molecule has 0 aliphatic carbocycles. The second-order valence-corrected chi connectivity index (χ2v) is 4.35. The summed E-state index contributed by atoms with van der Waals surface area (Å²) in [5.41, 5.74) is 2.25. The van der Waals surface area contributed by atoms with Crippen LogP contribution in [0.4, 0.5) is 0 Å². The van der Waals surface area contributed by atoms with Gasteiger partial charge in [0.25, 0.3) is 0 Å². The standard InChI is InChI=1S/C13H18O/c1-5-11-7-6-8-12(9-11)10-14-13(2,3)4/h5-9H,1,10H2,2-4H3. The Balaban J connectivity index is 2.63. The highest BCUT2D eigenvalue weighted by Gasteiger charge is 2.09. The van der Waals surface area contributed by atoms with Gasteiger partial charge in [-0.1, -0.05) is 30.9 Å². The lowest BCUT2D eigenvalue weighted by Gasteiger charge is -2.19. The van der Waals surface area contributed by atoms with Gasteiger partial charge in [-0.05, 0) is 38.0 Å². The Labute approximate surface area is 86.4 Å². The van der Waals surface area contributed by atoms with Gasteiger partial charge in [-0.3, -0.25) is 0 Å². The Morgan fingerprint density at radius 2 is 2.07 bits per heavy atom. The zero-order valence-corrected chi connectivity index (χ0v) is 9.21.